The van der Waals surface area contributed by atoms with Crippen LogP contribution >= 0.6 is 0 Å². The lowest BCUT2D eigenvalue weighted by molar-refractivity contribution is 0.0368. The highest BCUT2D eigenvalue weighted by Crippen LogP contribution is 2.24. The molecule has 1 unspecified atom stereocenters. The van der Waals surface area contributed by atoms with Gasteiger partial charge in [-0.1, -0.05) is 0 Å². The Morgan fingerprint density at radius 2 is 2.16 bits per heavy atom. The van der Waals surface area contributed by atoms with E-state index in [1.165, 1.54) is 0 Å². The van der Waals surface area contributed by atoms with Gasteiger partial charge in [0.05, 0.1) is 31.7 Å². The summed E-state index contributed by atoms with van der Waals surface area (Å²) in [4.78, 5) is 2.40. The van der Waals surface area contributed by atoms with Crippen molar-refractivity contribution >= 4 is 11.4 Å². The molecule has 1 aromatic carbocycles. The molecule has 2 rings (SSSR count). The summed E-state index contributed by atoms with van der Waals surface area (Å²) in [5.41, 5.74) is 7.68. The summed E-state index contributed by atoms with van der Waals surface area (Å²) >= 11 is 0. The van der Waals surface area contributed by atoms with Crippen LogP contribution in [0.4, 0.5) is 11.4 Å². The molecular formula is C14H23N3O2. The Morgan fingerprint density at radius 3 is 2.79 bits per heavy atom. The summed E-state index contributed by atoms with van der Waals surface area (Å²) in [6.45, 7) is 6.83. The molecule has 5 heteroatoms. The minimum absolute atomic E-state index is 0.341. The zero-order valence-corrected chi connectivity index (χ0v) is 11.7. The average molecular weight is 265 g/mol. The molecule has 5 nitrogen and oxygen atoms in total. The molecule has 0 radical (unpaired) electrons. The molecule has 0 amide bonds. The maximum atomic E-state index is 6.00. The van der Waals surface area contributed by atoms with Crippen molar-refractivity contribution < 1.29 is 9.47 Å². The van der Waals surface area contributed by atoms with Gasteiger partial charge in [0.15, 0.2) is 0 Å². The van der Waals surface area contributed by atoms with Crippen LogP contribution in [0.1, 0.15) is 6.92 Å². The first kappa shape index (κ1) is 14.0. The van der Waals surface area contributed by atoms with E-state index < -0.39 is 0 Å². The van der Waals surface area contributed by atoms with E-state index in [0.717, 1.165) is 44.3 Å². The number of methoxy groups -OCH3 is 1. The van der Waals surface area contributed by atoms with Crippen molar-refractivity contribution in [2.45, 2.75) is 13.0 Å². The lowest BCUT2D eigenvalue weighted by atomic mass is 10.2. The molecule has 3 N–H and O–H groups in total. The van der Waals surface area contributed by atoms with Gasteiger partial charge in [0.1, 0.15) is 5.75 Å². The summed E-state index contributed by atoms with van der Waals surface area (Å²) in [7, 11) is 1.64. The first-order valence-corrected chi connectivity index (χ1v) is 6.69. The lowest BCUT2D eigenvalue weighted by Crippen LogP contribution is -2.42. The molecule has 1 aliphatic heterocycles. The lowest BCUT2D eigenvalue weighted by Gasteiger charge is -2.30. The SMILES string of the molecule is COc1ccc(NC(C)CN2CCOCC2)c(N)c1. The van der Waals surface area contributed by atoms with Crippen molar-refractivity contribution in [2.75, 3.05) is 51.0 Å². The van der Waals surface area contributed by atoms with E-state index in [1.807, 2.05) is 18.2 Å². The summed E-state index contributed by atoms with van der Waals surface area (Å²) in [5, 5.41) is 3.45. The summed E-state index contributed by atoms with van der Waals surface area (Å²) in [6, 6.07) is 6.06. The third-order valence-electron chi connectivity index (χ3n) is 3.30. The van der Waals surface area contributed by atoms with Crippen LogP contribution in [-0.4, -0.2) is 50.9 Å². The third-order valence-corrected chi connectivity index (χ3v) is 3.30. The van der Waals surface area contributed by atoms with Crippen molar-refractivity contribution in [1.29, 1.82) is 0 Å². The molecule has 0 aromatic heterocycles. The maximum Gasteiger partial charge on any atom is 0.121 e. The van der Waals surface area contributed by atoms with E-state index in [2.05, 4.69) is 17.1 Å². The molecular weight excluding hydrogens is 242 g/mol. The van der Waals surface area contributed by atoms with Crippen molar-refractivity contribution in [2.24, 2.45) is 0 Å². The fourth-order valence-electron chi connectivity index (χ4n) is 2.28. The van der Waals surface area contributed by atoms with Crippen molar-refractivity contribution in [3.05, 3.63) is 18.2 Å². The smallest absolute Gasteiger partial charge is 0.121 e. The van der Waals surface area contributed by atoms with Crippen LogP contribution in [0.5, 0.6) is 5.75 Å². The van der Waals surface area contributed by atoms with Crippen LogP contribution in [0, 0.1) is 0 Å². The number of nitrogens with two attached hydrogens (primary N) is 1. The topological polar surface area (TPSA) is 59.8 Å². The number of rotatable bonds is 5. The van der Waals surface area contributed by atoms with E-state index in [-0.39, 0.29) is 0 Å². The number of morpholine rings is 1. The van der Waals surface area contributed by atoms with Gasteiger partial charge >= 0.3 is 0 Å². The standard InChI is InChI=1S/C14H23N3O2/c1-11(10-17-5-7-19-8-6-17)16-14-4-3-12(18-2)9-13(14)15/h3-4,9,11,16H,5-8,10,15H2,1-2H3. The highest BCUT2D eigenvalue weighted by molar-refractivity contribution is 5.68. The Hall–Kier alpha value is -1.46. The van der Waals surface area contributed by atoms with E-state index in [1.54, 1.807) is 7.11 Å². The van der Waals surface area contributed by atoms with Crippen LogP contribution in [-0.2, 0) is 4.74 Å². The molecule has 0 spiro atoms. The monoisotopic (exact) mass is 265 g/mol. The third kappa shape index (κ3) is 4.01. The zero-order chi connectivity index (χ0) is 13.7. The minimum atomic E-state index is 0.341. The normalized spacial score (nSPS) is 18.0. The first-order chi connectivity index (χ1) is 9.19. The Balaban J connectivity index is 1.88. The second-order valence-corrected chi connectivity index (χ2v) is 4.91. The fraction of sp³-hybridized carbons (Fsp3) is 0.571. The number of hydrogen-bond acceptors (Lipinski definition) is 5. The van der Waals surface area contributed by atoms with Gasteiger partial charge in [0.2, 0.25) is 0 Å². The van der Waals surface area contributed by atoms with Gasteiger partial charge in [-0.25, -0.2) is 0 Å². The van der Waals surface area contributed by atoms with E-state index in [4.69, 9.17) is 15.2 Å². The Labute approximate surface area is 114 Å². The molecule has 0 bridgehead atoms. The van der Waals surface area contributed by atoms with Gasteiger partial charge in [0.25, 0.3) is 0 Å². The predicted molar refractivity (Wildman–Crippen MR) is 77.8 cm³/mol. The van der Waals surface area contributed by atoms with Gasteiger partial charge in [-0.2, -0.15) is 0 Å². The van der Waals surface area contributed by atoms with Crippen LogP contribution in [0.3, 0.4) is 0 Å². The van der Waals surface area contributed by atoms with Crippen LogP contribution in [0.2, 0.25) is 0 Å². The Morgan fingerprint density at radius 1 is 1.42 bits per heavy atom. The highest BCUT2D eigenvalue weighted by Gasteiger charge is 2.14. The van der Waals surface area contributed by atoms with Gasteiger partial charge < -0.3 is 20.5 Å². The molecule has 1 fully saturated rings. The van der Waals surface area contributed by atoms with Crippen molar-refractivity contribution in [3.63, 3.8) is 0 Å². The number of anilines is 2. The van der Waals surface area contributed by atoms with Gasteiger partial charge in [0, 0.05) is 31.7 Å². The number of benzene rings is 1. The number of hydrogen-bond donors (Lipinski definition) is 2. The zero-order valence-electron chi connectivity index (χ0n) is 11.7. The molecule has 1 aliphatic rings. The molecule has 106 valence electrons. The average Bonchev–Trinajstić information content (AvgIpc) is 2.42. The number of nitrogens with zero attached hydrogens (tertiary/aromatic N) is 1. The second-order valence-electron chi connectivity index (χ2n) is 4.91. The molecule has 1 atom stereocenters. The first-order valence-electron chi connectivity index (χ1n) is 6.69. The van der Waals surface area contributed by atoms with Gasteiger partial charge in [-0.15, -0.1) is 0 Å². The molecule has 1 heterocycles. The number of ether oxygens (including phenoxy) is 2. The molecule has 1 aromatic rings. The minimum Gasteiger partial charge on any atom is -0.497 e. The highest BCUT2D eigenvalue weighted by atomic mass is 16.5. The van der Waals surface area contributed by atoms with Gasteiger partial charge in [-0.3, -0.25) is 4.90 Å². The Bertz CT molecular complexity index is 406. The van der Waals surface area contributed by atoms with E-state index >= 15 is 0 Å². The maximum absolute atomic E-state index is 6.00. The number of nitrogen functional groups attached to an aromatic ring is 1. The summed E-state index contributed by atoms with van der Waals surface area (Å²) < 4.78 is 10.5. The summed E-state index contributed by atoms with van der Waals surface area (Å²) in [6.07, 6.45) is 0. The largest absolute Gasteiger partial charge is 0.497 e. The van der Waals surface area contributed by atoms with Crippen LogP contribution in [0.25, 0.3) is 0 Å². The second kappa shape index (κ2) is 6.63. The Kier molecular flexibility index (Phi) is 4.87. The molecule has 1 saturated heterocycles. The quantitative estimate of drug-likeness (QED) is 0.788. The van der Waals surface area contributed by atoms with Crippen molar-refractivity contribution in [3.8, 4) is 5.75 Å². The van der Waals surface area contributed by atoms with Crippen LogP contribution in [0.15, 0.2) is 18.2 Å². The molecule has 0 saturated carbocycles. The van der Waals surface area contributed by atoms with Crippen molar-refractivity contribution in [1.82, 2.24) is 4.90 Å². The fourth-order valence-corrected chi connectivity index (χ4v) is 2.28. The van der Waals surface area contributed by atoms with E-state index in [0.29, 0.717) is 11.7 Å². The van der Waals surface area contributed by atoms with Gasteiger partial charge in [-0.05, 0) is 19.1 Å². The molecule has 0 aliphatic carbocycles. The van der Waals surface area contributed by atoms with E-state index in [9.17, 15) is 0 Å². The predicted octanol–water partition coefficient (Wildman–Crippen LogP) is 1.41. The summed E-state index contributed by atoms with van der Waals surface area (Å²) in [5.74, 6) is 0.781. The molecule has 19 heavy (non-hydrogen) atoms. The number of nitrogens with one attached hydrogen (secondary N) is 1. The van der Waals surface area contributed by atoms with Crippen LogP contribution < -0.4 is 15.8 Å².